The van der Waals surface area contributed by atoms with Gasteiger partial charge in [0.05, 0.1) is 24.8 Å². The van der Waals surface area contributed by atoms with Gasteiger partial charge in [-0.2, -0.15) is 0 Å². The van der Waals surface area contributed by atoms with Gasteiger partial charge in [0, 0.05) is 7.05 Å². The highest BCUT2D eigenvalue weighted by molar-refractivity contribution is 5.91. The smallest absolute Gasteiger partial charge is 0.338 e. The lowest BCUT2D eigenvalue weighted by molar-refractivity contribution is -0.121. The van der Waals surface area contributed by atoms with Crippen molar-refractivity contribution < 1.29 is 19.1 Å². The highest BCUT2D eigenvalue weighted by atomic mass is 16.5. The van der Waals surface area contributed by atoms with Crippen molar-refractivity contribution in [3.8, 4) is 5.75 Å². The lowest BCUT2D eigenvalue weighted by Gasteiger charge is -2.07. The molecule has 3 N–H and O–H groups in total. The Bertz CT molecular complexity index is 446. The van der Waals surface area contributed by atoms with Crippen LogP contribution >= 0.6 is 0 Å². The monoisotopic (exact) mass is 252 g/mol. The van der Waals surface area contributed by atoms with E-state index in [0.29, 0.717) is 17.0 Å². The van der Waals surface area contributed by atoms with E-state index in [9.17, 15) is 9.59 Å². The zero-order valence-corrected chi connectivity index (χ0v) is 10.4. The van der Waals surface area contributed by atoms with Crippen LogP contribution in [0.5, 0.6) is 5.75 Å². The molecule has 0 aliphatic rings. The van der Waals surface area contributed by atoms with Crippen molar-refractivity contribution in [2.75, 3.05) is 26.5 Å². The Balaban J connectivity index is 2.56. The van der Waals surface area contributed by atoms with Gasteiger partial charge in [-0.05, 0) is 18.2 Å². The molecule has 0 heterocycles. The van der Waals surface area contributed by atoms with Crippen molar-refractivity contribution in [3.05, 3.63) is 23.8 Å². The Hall–Kier alpha value is -2.24. The molecule has 0 saturated carbocycles. The molecule has 0 fully saturated rings. The number of hydrogen-bond donors (Lipinski definition) is 2. The fourth-order valence-corrected chi connectivity index (χ4v) is 1.31. The Morgan fingerprint density at radius 1 is 1.39 bits per heavy atom. The Kier molecular flexibility index (Phi) is 4.98. The molecule has 1 aromatic carbocycles. The summed E-state index contributed by atoms with van der Waals surface area (Å²) in [5, 5.41) is 2.44. The third-order valence-electron chi connectivity index (χ3n) is 2.31. The van der Waals surface area contributed by atoms with E-state index in [2.05, 4.69) is 5.32 Å². The fraction of sp³-hybridized carbons (Fsp3) is 0.333. The zero-order chi connectivity index (χ0) is 13.5. The molecule has 1 aromatic rings. The van der Waals surface area contributed by atoms with E-state index >= 15 is 0 Å². The molecule has 0 spiro atoms. The van der Waals surface area contributed by atoms with Gasteiger partial charge < -0.3 is 20.5 Å². The van der Waals surface area contributed by atoms with Gasteiger partial charge >= 0.3 is 5.97 Å². The van der Waals surface area contributed by atoms with Crippen LogP contribution in [0.3, 0.4) is 0 Å². The summed E-state index contributed by atoms with van der Waals surface area (Å²) in [7, 11) is 3.02. The van der Waals surface area contributed by atoms with E-state index in [1.54, 1.807) is 12.1 Å². The lowest BCUT2D eigenvalue weighted by Crippen LogP contribution is -2.20. The Morgan fingerprint density at radius 3 is 2.67 bits per heavy atom. The van der Waals surface area contributed by atoms with Crippen LogP contribution in [0.4, 0.5) is 5.69 Å². The van der Waals surface area contributed by atoms with E-state index in [1.807, 2.05) is 0 Å². The molecule has 0 aliphatic carbocycles. The highest BCUT2D eigenvalue weighted by Gasteiger charge is 2.10. The van der Waals surface area contributed by atoms with E-state index < -0.39 is 5.97 Å². The number of carbonyl (C=O) groups excluding carboxylic acids is 2. The molecule has 1 rings (SSSR count). The van der Waals surface area contributed by atoms with E-state index in [4.69, 9.17) is 15.2 Å². The summed E-state index contributed by atoms with van der Waals surface area (Å²) < 4.78 is 9.91. The zero-order valence-electron chi connectivity index (χ0n) is 10.4. The van der Waals surface area contributed by atoms with Gasteiger partial charge in [-0.25, -0.2) is 4.79 Å². The second kappa shape index (κ2) is 6.48. The van der Waals surface area contributed by atoms with Crippen LogP contribution in [-0.2, 0) is 9.53 Å². The van der Waals surface area contributed by atoms with Crippen molar-refractivity contribution in [2.45, 2.75) is 6.42 Å². The van der Waals surface area contributed by atoms with E-state index in [1.165, 1.54) is 20.2 Å². The molecule has 6 nitrogen and oxygen atoms in total. The van der Waals surface area contributed by atoms with Gasteiger partial charge in [-0.1, -0.05) is 0 Å². The predicted octanol–water partition coefficient (Wildman–Crippen LogP) is 0.570. The number of hydrogen-bond acceptors (Lipinski definition) is 5. The van der Waals surface area contributed by atoms with Gasteiger partial charge in [0.1, 0.15) is 12.4 Å². The third kappa shape index (κ3) is 3.65. The van der Waals surface area contributed by atoms with Crippen molar-refractivity contribution in [2.24, 2.45) is 0 Å². The summed E-state index contributed by atoms with van der Waals surface area (Å²) >= 11 is 0. The highest BCUT2D eigenvalue weighted by Crippen LogP contribution is 2.22. The van der Waals surface area contributed by atoms with Gasteiger partial charge in [-0.3, -0.25) is 4.79 Å². The van der Waals surface area contributed by atoms with Gasteiger partial charge in [0.25, 0.3) is 0 Å². The lowest BCUT2D eigenvalue weighted by atomic mass is 10.2. The number of amides is 1. The maximum absolute atomic E-state index is 11.6. The summed E-state index contributed by atoms with van der Waals surface area (Å²) in [6.07, 6.45) is 0.133. The van der Waals surface area contributed by atoms with Gasteiger partial charge in [0.15, 0.2) is 0 Å². The van der Waals surface area contributed by atoms with E-state index in [-0.39, 0.29) is 18.9 Å². The molecule has 0 aliphatic heterocycles. The SMILES string of the molecule is CNC(=O)CCOC(=O)c1ccc(OC)c(N)c1. The number of esters is 1. The number of anilines is 1. The van der Waals surface area contributed by atoms with Crippen molar-refractivity contribution >= 4 is 17.6 Å². The van der Waals surface area contributed by atoms with Crippen molar-refractivity contribution in [1.82, 2.24) is 5.32 Å². The molecule has 0 saturated heterocycles. The normalized spacial score (nSPS) is 9.67. The number of rotatable bonds is 5. The summed E-state index contributed by atoms with van der Waals surface area (Å²) in [6, 6.07) is 4.61. The minimum atomic E-state index is -0.520. The third-order valence-corrected chi connectivity index (χ3v) is 2.31. The molecule has 6 heteroatoms. The van der Waals surface area contributed by atoms with Gasteiger partial charge in [0.2, 0.25) is 5.91 Å². The number of carbonyl (C=O) groups is 2. The van der Waals surface area contributed by atoms with Crippen molar-refractivity contribution in [3.63, 3.8) is 0 Å². The number of nitrogens with one attached hydrogen (secondary N) is 1. The Morgan fingerprint density at radius 2 is 2.11 bits per heavy atom. The van der Waals surface area contributed by atoms with E-state index in [0.717, 1.165) is 0 Å². The molecular weight excluding hydrogens is 236 g/mol. The summed E-state index contributed by atoms with van der Waals surface area (Å²) in [5.74, 6) is -0.206. The molecule has 0 radical (unpaired) electrons. The van der Waals surface area contributed by atoms with Crippen LogP contribution in [0.2, 0.25) is 0 Å². The predicted molar refractivity (Wildman–Crippen MR) is 66.4 cm³/mol. The second-order valence-corrected chi connectivity index (χ2v) is 3.52. The minimum Gasteiger partial charge on any atom is -0.495 e. The van der Waals surface area contributed by atoms with Gasteiger partial charge in [-0.15, -0.1) is 0 Å². The van der Waals surface area contributed by atoms with Crippen LogP contribution in [0.1, 0.15) is 16.8 Å². The molecule has 18 heavy (non-hydrogen) atoms. The van der Waals surface area contributed by atoms with Crippen LogP contribution in [0, 0.1) is 0 Å². The average Bonchev–Trinajstić information content (AvgIpc) is 2.38. The summed E-state index contributed by atoms with van der Waals surface area (Å²) in [6.45, 7) is 0.0322. The topological polar surface area (TPSA) is 90.6 Å². The molecular formula is C12H16N2O4. The summed E-state index contributed by atoms with van der Waals surface area (Å²) in [5.41, 5.74) is 6.35. The first-order valence-corrected chi connectivity index (χ1v) is 5.39. The standard InChI is InChI=1S/C12H16N2O4/c1-14-11(15)5-6-18-12(16)8-3-4-10(17-2)9(13)7-8/h3-4,7H,5-6,13H2,1-2H3,(H,14,15). The average molecular weight is 252 g/mol. The largest absolute Gasteiger partial charge is 0.495 e. The van der Waals surface area contributed by atoms with Crippen LogP contribution in [0.15, 0.2) is 18.2 Å². The second-order valence-electron chi connectivity index (χ2n) is 3.52. The van der Waals surface area contributed by atoms with Crippen LogP contribution in [-0.4, -0.2) is 32.6 Å². The number of ether oxygens (including phenoxy) is 2. The molecule has 98 valence electrons. The maximum Gasteiger partial charge on any atom is 0.338 e. The van der Waals surface area contributed by atoms with Crippen LogP contribution < -0.4 is 15.8 Å². The molecule has 0 bridgehead atoms. The molecule has 0 unspecified atom stereocenters. The fourth-order valence-electron chi connectivity index (χ4n) is 1.31. The number of nitrogens with two attached hydrogens (primary N) is 1. The molecule has 0 aromatic heterocycles. The molecule has 1 amide bonds. The molecule has 0 atom stereocenters. The van der Waals surface area contributed by atoms with Crippen LogP contribution in [0.25, 0.3) is 0 Å². The maximum atomic E-state index is 11.6. The quantitative estimate of drug-likeness (QED) is 0.590. The number of methoxy groups -OCH3 is 1. The first-order chi connectivity index (χ1) is 8.58. The van der Waals surface area contributed by atoms with Crippen molar-refractivity contribution in [1.29, 1.82) is 0 Å². The first-order valence-electron chi connectivity index (χ1n) is 5.39. The minimum absolute atomic E-state index is 0.0322. The number of nitrogen functional groups attached to an aromatic ring is 1. The Labute approximate surface area is 105 Å². The number of benzene rings is 1. The summed E-state index contributed by atoms with van der Waals surface area (Å²) in [4.78, 5) is 22.5. The first kappa shape index (κ1) is 13.8.